The number of unbranched alkanes of at least 4 members (excludes halogenated alkanes) is 2. The van der Waals surface area contributed by atoms with E-state index in [0.717, 1.165) is 5.56 Å². The smallest absolute Gasteiger partial charge is 0.159 e. The van der Waals surface area contributed by atoms with Crippen LogP contribution in [0.5, 0.6) is 0 Å². The molecule has 0 aliphatic carbocycles. The van der Waals surface area contributed by atoms with Crippen molar-refractivity contribution in [2.45, 2.75) is 38.0 Å². The monoisotopic (exact) mass is 222 g/mol. The van der Waals surface area contributed by atoms with Gasteiger partial charge in [0.15, 0.2) is 5.78 Å². The summed E-state index contributed by atoms with van der Waals surface area (Å²) in [6.45, 7) is 3.82. The first-order valence-electron chi connectivity index (χ1n) is 5.48. The molecule has 1 aromatic rings. The van der Waals surface area contributed by atoms with Crippen LogP contribution in [0, 0.1) is 0 Å². The van der Waals surface area contributed by atoms with Crippen LogP contribution in [0.2, 0.25) is 0 Å². The van der Waals surface area contributed by atoms with Gasteiger partial charge in [-0.25, -0.2) is 0 Å². The van der Waals surface area contributed by atoms with Crippen molar-refractivity contribution in [2.75, 3.05) is 5.75 Å². The zero-order valence-corrected chi connectivity index (χ0v) is 10.3. The molecule has 1 rings (SSSR count). The molecule has 0 saturated carbocycles. The molecule has 0 aliphatic heterocycles. The number of Topliss-reactive ketones (excluding diaryl/α,β-unsaturated/α-hetero) is 1. The van der Waals surface area contributed by atoms with E-state index in [1.54, 1.807) is 6.92 Å². The number of carbonyl (C=O) groups excluding carboxylic acids is 1. The van der Waals surface area contributed by atoms with E-state index in [-0.39, 0.29) is 5.78 Å². The Hall–Kier alpha value is -0.760. The molecule has 0 unspecified atom stereocenters. The molecule has 0 aromatic heterocycles. The van der Waals surface area contributed by atoms with Crippen molar-refractivity contribution in [3.8, 4) is 0 Å². The molecule has 0 amide bonds. The maximum Gasteiger partial charge on any atom is 0.159 e. The van der Waals surface area contributed by atoms with Crippen LogP contribution in [0.15, 0.2) is 29.2 Å². The minimum absolute atomic E-state index is 0.137. The van der Waals surface area contributed by atoms with Gasteiger partial charge in [0.05, 0.1) is 0 Å². The minimum atomic E-state index is 0.137. The summed E-state index contributed by atoms with van der Waals surface area (Å²) >= 11 is 1.87. The molecule has 0 aliphatic rings. The predicted octanol–water partition coefficient (Wildman–Crippen LogP) is 4.17. The number of hydrogen-bond donors (Lipinski definition) is 0. The fraction of sp³-hybridized carbons (Fsp3) is 0.462. The zero-order chi connectivity index (χ0) is 11.1. The van der Waals surface area contributed by atoms with Gasteiger partial charge in [-0.2, -0.15) is 0 Å². The molecular formula is C13H18OS. The highest BCUT2D eigenvalue weighted by molar-refractivity contribution is 7.99. The van der Waals surface area contributed by atoms with E-state index in [1.807, 2.05) is 36.0 Å². The number of hydrogen-bond acceptors (Lipinski definition) is 2. The van der Waals surface area contributed by atoms with Crippen LogP contribution >= 0.6 is 11.8 Å². The van der Waals surface area contributed by atoms with Crippen LogP contribution in [-0.4, -0.2) is 11.5 Å². The number of ketones is 1. The molecule has 1 aromatic carbocycles. The highest BCUT2D eigenvalue weighted by Gasteiger charge is 1.98. The summed E-state index contributed by atoms with van der Waals surface area (Å²) in [7, 11) is 0. The van der Waals surface area contributed by atoms with E-state index in [4.69, 9.17) is 0 Å². The average Bonchev–Trinajstić information content (AvgIpc) is 2.25. The second-order valence-electron chi connectivity index (χ2n) is 3.64. The molecule has 0 saturated heterocycles. The second kappa shape index (κ2) is 6.67. The summed E-state index contributed by atoms with van der Waals surface area (Å²) in [5, 5.41) is 0. The van der Waals surface area contributed by atoms with Gasteiger partial charge in [0.25, 0.3) is 0 Å². The Morgan fingerprint density at radius 2 is 1.87 bits per heavy atom. The van der Waals surface area contributed by atoms with E-state index in [9.17, 15) is 4.79 Å². The Bertz CT molecular complexity index is 303. The lowest BCUT2D eigenvalue weighted by atomic mass is 10.2. The van der Waals surface area contributed by atoms with E-state index in [0.29, 0.717) is 0 Å². The summed E-state index contributed by atoms with van der Waals surface area (Å²) in [5.41, 5.74) is 0.799. The molecule has 0 bridgehead atoms. The fourth-order valence-corrected chi connectivity index (χ4v) is 2.24. The van der Waals surface area contributed by atoms with E-state index < -0.39 is 0 Å². The Morgan fingerprint density at radius 1 is 1.20 bits per heavy atom. The molecule has 82 valence electrons. The Labute approximate surface area is 96.3 Å². The van der Waals surface area contributed by atoms with Crippen LogP contribution in [-0.2, 0) is 0 Å². The lowest BCUT2D eigenvalue weighted by molar-refractivity contribution is 0.101. The van der Waals surface area contributed by atoms with Gasteiger partial charge < -0.3 is 0 Å². The third-order valence-electron chi connectivity index (χ3n) is 2.28. The highest BCUT2D eigenvalue weighted by atomic mass is 32.2. The highest BCUT2D eigenvalue weighted by Crippen LogP contribution is 2.20. The molecular weight excluding hydrogens is 204 g/mol. The lowest BCUT2D eigenvalue weighted by Crippen LogP contribution is -1.90. The quantitative estimate of drug-likeness (QED) is 0.408. The molecule has 0 heterocycles. The van der Waals surface area contributed by atoms with Crippen LogP contribution in [0.25, 0.3) is 0 Å². The first-order valence-corrected chi connectivity index (χ1v) is 6.46. The summed E-state index contributed by atoms with van der Waals surface area (Å²) in [6.07, 6.45) is 3.85. The first kappa shape index (κ1) is 12.3. The van der Waals surface area contributed by atoms with Gasteiger partial charge in [-0.3, -0.25) is 4.79 Å². The SMILES string of the molecule is CCCCCSc1ccc(C(C)=O)cc1. The molecule has 0 N–H and O–H groups in total. The Morgan fingerprint density at radius 3 is 2.40 bits per heavy atom. The van der Waals surface area contributed by atoms with Gasteiger partial charge in [-0.15, -0.1) is 11.8 Å². The van der Waals surface area contributed by atoms with E-state index >= 15 is 0 Å². The molecule has 0 radical (unpaired) electrons. The van der Waals surface area contributed by atoms with Crippen molar-refractivity contribution in [3.05, 3.63) is 29.8 Å². The molecule has 0 spiro atoms. The minimum Gasteiger partial charge on any atom is -0.295 e. The fourth-order valence-electron chi connectivity index (χ4n) is 1.33. The van der Waals surface area contributed by atoms with Crippen LogP contribution in [0.1, 0.15) is 43.5 Å². The van der Waals surface area contributed by atoms with Gasteiger partial charge in [-0.1, -0.05) is 31.9 Å². The van der Waals surface area contributed by atoms with Gasteiger partial charge in [0, 0.05) is 10.5 Å². The van der Waals surface area contributed by atoms with Crippen LogP contribution < -0.4 is 0 Å². The maximum atomic E-state index is 11.0. The Balaban J connectivity index is 2.39. The van der Waals surface area contributed by atoms with Crippen LogP contribution in [0.3, 0.4) is 0 Å². The van der Waals surface area contributed by atoms with Gasteiger partial charge in [0.1, 0.15) is 0 Å². The summed E-state index contributed by atoms with van der Waals surface area (Å²) in [5.74, 6) is 1.31. The van der Waals surface area contributed by atoms with Gasteiger partial charge >= 0.3 is 0 Å². The Kier molecular flexibility index (Phi) is 5.48. The van der Waals surface area contributed by atoms with E-state index in [2.05, 4.69) is 6.92 Å². The lowest BCUT2D eigenvalue weighted by Gasteiger charge is -2.01. The van der Waals surface area contributed by atoms with Crippen molar-refractivity contribution < 1.29 is 4.79 Å². The van der Waals surface area contributed by atoms with Crippen LogP contribution in [0.4, 0.5) is 0 Å². The molecule has 0 fully saturated rings. The van der Waals surface area contributed by atoms with Crippen molar-refractivity contribution in [2.24, 2.45) is 0 Å². The third-order valence-corrected chi connectivity index (χ3v) is 3.38. The van der Waals surface area contributed by atoms with Crippen molar-refractivity contribution in [1.82, 2.24) is 0 Å². The second-order valence-corrected chi connectivity index (χ2v) is 4.80. The van der Waals surface area contributed by atoms with Gasteiger partial charge in [0.2, 0.25) is 0 Å². The van der Waals surface area contributed by atoms with Crippen molar-refractivity contribution >= 4 is 17.5 Å². The van der Waals surface area contributed by atoms with E-state index in [1.165, 1.54) is 29.9 Å². The largest absolute Gasteiger partial charge is 0.295 e. The van der Waals surface area contributed by atoms with Gasteiger partial charge in [-0.05, 0) is 31.2 Å². The maximum absolute atomic E-state index is 11.0. The topological polar surface area (TPSA) is 17.1 Å². The summed E-state index contributed by atoms with van der Waals surface area (Å²) in [6, 6.07) is 7.88. The number of rotatable bonds is 6. The predicted molar refractivity (Wildman–Crippen MR) is 66.7 cm³/mol. The number of benzene rings is 1. The molecule has 15 heavy (non-hydrogen) atoms. The number of thioether (sulfide) groups is 1. The zero-order valence-electron chi connectivity index (χ0n) is 9.45. The normalized spacial score (nSPS) is 10.3. The van der Waals surface area contributed by atoms with Crippen molar-refractivity contribution in [1.29, 1.82) is 0 Å². The average molecular weight is 222 g/mol. The first-order chi connectivity index (χ1) is 7.24. The summed E-state index contributed by atoms with van der Waals surface area (Å²) < 4.78 is 0. The van der Waals surface area contributed by atoms with Crippen molar-refractivity contribution in [3.63, 3.8) is 0 Å². The molecule has 1 nitrogen and oxygen atoms in total. The third kappa shape index (κ3) is 4.52. The molecule has 2 heteroatoms. The standard InChI is InChI=1S/C13H18OS/c1-3-4-5-10-15-13-8-6-12(7-9-13)11(2)14/h6-9H,3-5,10H2,1-2H3. The summed E-state index contributed by atoms with van der Waals surface area (Å²) in [4.78, 5) is 12.3. The molecule has 0 atom stereocenters. The number of carbonyl (C=O) groups is 1.